The Morgan fingerprint density at radius 3 is 2.28 bits per heavy atom. The number of aromatic nitrogens is 1. The third-order valence-electron chi connectivity index (χ3n) is 3.65. The third kappa shape index (κ3) is 5.16. The molecule has 0 bridgehead atoms. The quantitative estimate of drug-likeness (QED) is 0.633. The molecule has 0 spiro atoms. The topological polar surface area (TPSA) is 54.0 Å². The van der Waals surface area contributed by atoms with Gasteiger partial charge >= 0.3 is 0 Å². The van der Waals surface area contributed by atoms with Crippen molar-refractivity contribution in [1.29, 1.82) is 0 Å². The molecule has 3 rings (SSSR count). The van der Waals surface area contributed by atoms with Gasteiger partial charge in [0.25, 0.3) is 0 Å². The van der Waals surface area contributed by atoms with E-state index in [-0.39, 0.29) is 5.91 Å². The highest BCUT2D eigenvalue weighted by molar-refractivity contribution is 9.10. The molecule has 0 fully saturated rings. The number of rotatable bonds is 5. The largest absolute Gasteiger partial charge is 0.340 e. The molecule has 4 nitrogen and oxygen atoms in total. The summed E-state index contributed by atoms with van der Waals surface area (Å²) in [5.41, 5.74) is 3.80. The maximum Gasteiger partial charge on any atom is 0.228 e. The van der Waals surface area contributed by atoms with Gasteiger partial charge in [-0.05, 0) is 48.9 Å². The van der Waals surface area contributed by atoms with Gasteiger partial charge in [-0.3, -0.25) is 4.79 Å². The number of anilines is 3. The molecular formula is C20H18BrN3O. The third-order valence-corrected chi connectivity index (χ3v) is 4.18. The molecule has 1 heterocycles. The van der Waals surface area contributed by atoms with Gasteiger partial charge in [0.15, 0.2) is 0 Å². The summed E-state index contributed by atoms with van der Waals surface area (Å²) >= 11 is 3.41. The summed E-state index contributed by atoms with van der Waals surface area (Å²) in [4.78, 5) is 16.4. The number of aryl methyl sites for hydroxylation is 1. The Bertz CT molecular complexity index is 844. The van der Waals surface area contributed by atoms with Crippen molar-refractivity contribution < 1.29 is 4.79 Å². The SMILES string of the molecule is Cc1ccc(CC(=O)Nc2ccc(Nc3ccc(Br)cc3)nc2)cc1. The maximum atomic E-state index is 12.1. The van der Waals surface area contributed by atoms with Gasteiger partial charge in [-0.1, -0.05) is 45.8 Å². The summed E-state index contributed by atoms with van der Waals surface area (Å²) < 4.78 is 1.03. The van der Waals surface area contributed by atoms with E-state index >= 15 is 0 Å². The molecule has 0 atom stereocenters. The molecule has 0 saturated carbocycles. The summed E-state index contributed by atoms with van der Waals surface area (Å²) in [5.74, 6) is 0.665. The first-order valence-corrected chi connectivity index (χ1v) is 8.72. The number of hydrogen-bond acceptors (Lipinski definition) is 3. The molecule has 0 radical (unpaired) electrons. The fourth-order valence-corrected chi connectivity index (χ4v) is 2.58. The number of benzene rings is 2. The molecule has 0 aliphatic heterocycles. The summed E-state index contributed by atoms with van der Waals surface area (Å²) in [6, 6.07) is 19.5. The van der Waals surface area contributed by atoms with Crippen molar-refractivity contribution in [2.75, 3.05) is 10.6 Å². The van der Waals surface area contributed by atoms with Crippen LogP contribution in [0, 0.1) is 6.92 Å². The number of amides is 1. The highest BCUT2D eigenvalue weighted by Gasteiger charge is 2.05. The minimum Gasteiger partial charge on any atom is -0.340 e. The van der Waals surface area contributed by atoms with Crippen molar-refractivity contribution >= 4 is 39.0 Å². The van der Waals surface area contributed by atoms with Gasteiger partial charge in [0.1, 0.15) is 5.82 Å². The Kier molecular flexibility index (Phi) is 5.46. The van der Waals surface area contributed by atoms with Crippen molar-refractivity contribution in [3.63, 3.8) is 0 Å². The number of nitrogens with zero attached hydrogens (tertiary/aromatic N) is 1. The second kappa shape index (κ2) is 7.94. The first-order chi connectivity index (χ1) is 12.1. The predicted octanol–water partition coefficient (Wildman–Crippen LogP) is 5.08. The second-order valence-electron chi connectivity index (χ2n) is 5.77. The summed E-state index contributed by atoms with van der Waals surface area (Å²) in [6.07, 6.45) is 1.99. The van der Waals surface area contributed by atoms with E-state index in [1.54, 1.807) is 6.20 Å². The van der Waals surface area contributed by atoms with Crippen molar-refractivity contribution in [3.05, 3.63) is 82.5 Å². The number of carbonyl (C=O) groups is 1. The maximum absolute atomic E-state index is 12.1. The summed E-state index contributed by atoms with van der Waals surface area (Å²) in [6.45, 7) is 2.03. The van der Waals surface area contributed by atoms with Gasteiger partial charge < -0.3 is 10.6 Å². The molecular weight excluding hydrogens is 378 g/mol. The number of pyridine rings is 1. The average molecular weight is 396 g/mol. The average Bonchev–Trinajstić information content (AvgIpc) is 2.61. The fourth-order valence-electron chi connectivity index (χ4n) is 2.32. The normalized spacial score (nSPS) is 10.3. The van der Waals surface area contributed by atoms with Crippen molar-refractivity contribution in [2.24, 2.45) is 0 Å². The Labute approximate surface area is 155 Å². The lowest BCUT2D eigenvalue weighted by atomic mass is 10.1. The van der Waals surface area contributed by atoms with Crippen molar-refractivity contribution in [3.8, 4) is 0 Å². The molecule has 1 aromatic heterocycles. The molecule has 25 heavy (non-hydrogen) atoms. The molecule has 0 aliphatic carbocycles. The minimum absolute atomic E-state index is 0.0562. The van der Waals surface area contributed by atoms with Crippen LogP contribution in [0.5, 0.6) is 0 Å². The van der Waals surface area contributed by atoms with E-state index in [0.29, 0.717) is 12.1 Å². The first kappa shape index (κ1) is 17.2. The van der Waals surface area contributed by atoms with Crippen LogP contribution in [-0.4, -0.2) is 10.9 Å². The molecule has 2 N–H and O–H groups in total. The lowest BCUT2D eigenvalue weighted by Gasteiger charge is -2.08. The number of nitrogens with one attached hydrogen (secondary N) is 2. The number of hydrogen-bond donors (Lipinski definition) is 2. The van der Waals surface area contributed by atoms with Crippen molar-refractivity contribution in [1.82, 2.24) is 4.98 Å². The monoisotopic (exact) mass is 395 g/mol. The lowest BCUT2D eigenvalue weighted by Crippen LogP contribution is -2.14. The lowest BCUT2D eigenvalue weighted by molar-refractivity contribution is -0.115. The summed E-state index contributed by atoms with van der Waals surface area (Å²) in [7, 11) is 0. The smallest absolute Gasteiger partial charge is 0.228 e. The molecule has 3 aromatic rings. The zero-order chi connectivity index (χ0) is 17.6. The molecule has 5 heteroatoms. The van der Waals surface area contributed by atoms with Gasteiger partial charge in [0.05, 0.1) is 18.3 Å². The second-order valence-corrected chi connectivity index (χ2v) is 6.69. The number of halogens is 1. The Morgan fingerprint density at radius 1 is 0.960 bits per heavy atom. The zero-order valence-electron chi connectivity index (χ0n) is 13.8. The van der Waals surface area contributed by atoms with Crippen LogP contribution in [0.1, 0.15) is 11.1 Å². The van der Waals surface area contributed by atoms with Crippen LogP contribution in [0.3, 0.4) is 0 Å². The van der Waals surface area contributed by atoms with Crippen LogP contribution in [-0.2, 0) is 11.2 Å². The Morgan fingerprint density at radius 2 is 1.64 bits per heavy atom. The Balaban J connectivity index is 1.57. The standard InChI is InChI=1S/C20H18BrN3O/c1-14-2-4-15(5-3-14)12-20(25)24-18-10-11-19(22-13-18)23-17-8-6-16(21)7-9-17/h2-11,13H,12H2,1H3,(H,22,23)(H,24,25). The van der Waals surface area contributed by atoms with Crippen LogP contribution in [0.25, 0.3) is 0 Å². The van der Waals surface area contributed by atoms with E-state index in [2.05, 4.69) is 31.5 Å². The van der Waals surface area contributed by atoms with E-state index in [9.17, 15) is 4.79 Å². The molecule has 126 valence electrons. The van der Waals surface area contributed by atoms with Gasteiger partial charge in [-0.25, -0.2) is 4.98 Å². The van der Waals surface area contributed by atoms with Crippen LogP contribution in [0.2, 0.25) is 0 Å². The summed E-state index contributed by atoms with van der Waals surface area (Å²) in [5, 5.41) is 6.08. The van der Waals surface area contributed by atoms with E-state index in [1.165, 1.54) is 5.56 Å². The van der Waals surface area contributed by atoms with Gasteiger partial charge in [-0.15, -0.1) is 0 Å². The van der Waals surface area contributed by atoms with Crippen LogP contribution >= 0.6 is 15.9 Å². The molecule has 1 amide bonds. The van der Waals surface area contributed by atoms with Gasteiger partial charge in [0.2, 0.25) is 5.91 Å². The van der Waals surface area contributed by atoms with E-state index in [0.717, 1.165) is 21.5 Å². The molecule has 0 aliphatic rings. The molecule has 2 aromatic carbocycles. The highest BCUT2D eigenvalue weighted by atomic mass is 79.9. The van der Waals surface area contributed by atoms with Gasteiger partial charge in [-0.2, -0.15) is 0 Å². The highest BCUT2D eigenvalue weighted by Crippen LogP contribution is 2.19. The van der Waals surface area contributed by atoms with E-state index < -0.39 is 0 Å². The van der Waals surface area contributed by atoms with Crippen molar-refractivity contribution in [2.45, 2.75) is 13.3 Å². The zero-order valence-corrected chi connectivity index (χ0v) is 15.4. The van der Waals surface area contributed by atoms with Crippen LogP contribution in [0.4, 0.5) is 17.2 Å². The Hall–Kier alpha value is -2.66. The predicted molar refractivity (Wildman–Crippen MR) is 105 cm³/mol. The number of carbonyl (C=O) groups excluding carboxylic acids is 1. The van der Waals surface area contributed by atoms with Crippen LogP contribution in [0.15, 0.2) is 71.3 Å². The first-order valence-electron chi connectivity index (χ1n) is 7.92. The minimum atomic E-state index is -0.0562. The van der Waals surface area contributed by atoms with E-state index in [4.69, 9.17) is 0 Å². The van der Waals surface area contributed by atoms with E-state index in [1.807, 2.05) is 67.6 Å². The van der Waals surface area contributed by atoms with Gasteiger partial charge in [0, 0.05) is 10.2 Å². The van der Waals surface area contributed by atoms with Crippen LogP contribution < -0.4 is 10.6 Å². The molecule has 0 unspecified atom stereocenters. The fraction of sp³-hybridized carbons (Fsp3) is 0.100. The molecule has 0 saturated heterocycles.